The Morgan fingerprint density at radius 2 is 1.88 bits per heavy atom. The van der Waals surface area contributed by atoms with Crippen molar-refractivity contribution in [1.29, 1.82) is 0 Å². The molecule has 0 radical (unpaired) electrons. The van der Waals surface area contributed by atoms with E-state index in [1.54, 1.807) is 6.20 Å². The van der Waals surface area contributed by atoms with Gasteiger partial charge in [0.15, 0.2) is 0 Å². The van der Waals surface area contributed by atoms with E-state index in [1.807, 2.05) is 36.4 Å². The summed E-state index contributed by atoms with van der Waals surface area (Å²) in [6.07, 6.45) is 4.81. The molecule has 2 aromatic rings. The summed E-state index contributed by atoms with van der Waals surface area (Å²) in [5.41, 5.74) is 2.83. The number of aromatic nitrogens is 2. The number of hydrogen-bond donors (Lipinski definition) is 2. The Morgan fingerprint density at radius 1 is 1.12 bits per heavy atom. The number of hydrogen-bond acceptors (Lipinski definition) is 3. The smallest absolute Gasteiger partial charge is 0.298 e. The molecule has 86 valence electrons. The van der Waals surface area contributed by atoms with E-state index in [2.05, 4.69) is 10.4 Å². The molecule has 17 heavy (non-hydrogen) atoms. The minimum absolute atomic E-state index is 0.417. The molecular formula is C12H11N3O2. The Balaban J connectivity index is 2.10. The SMILES string of the molecule is O=c1ccn(NC=Cc2ccccc2)c(=O)[nH]1. The third-order valence-electron chi connectivity index (χ3n) is 2.11. The maximum Gasteiger partial charge on any atom is 0.347 e. The molecule has 1 aromatic heterocycles. The second-order valence-electron chi connectivity index (χ2n) is 3.35. The number of benzene rings is 1. The van der Waals surface area contributed by atoms with Crippen molar-refractivity contribution in [2.75, 3.05) is 5.43 Å². The Hall–Kier alpha value is -2.56. The van der Waals surface area contributed by atoms with Gasteiger partial charge in [-0.15, -0.1) is 0 Å². The average molecular weight is 229 g/mol. The summed E-state index contributed by atoms with van der Waals surface area (Å²) in [5, 5.41) is 0. The highest BCUT2D eigenvalue weighted by Crippen LogP contribution is 1.99. The van der Waals surface area contributed by atoms with Gasteiger partial charge in [0, 0.05) is 18.5 Å². The van der Waals surface area contributed by atoms with Gasteiger partial charge >= 0.3 is 5.69 Å². The lowest BCUT2D eigenvalue weighted by Crippen LogP contribution is -2.32. The van der Waals surface area contributed by atoms with Crippen LogP contribution in [0.4, 0.5) is 0 Å². The summed E-state index contributed by atoms with van der Waals surface area (Å²) in [6.45, 7) is 0. The number of aromatic amines is 1. The van der Waals surface area contributed by atoms with Gasteiger partial charge in [-0.1, -0.05) is 30.3 Å². The molecule has 1 heterocycles. The zero-order valence-electron chi connectivity index (χ0n) is 8.96. The Kier molecular flexibility index (Phi) is 3.20. The van der Waals surface area contributed by atoms with E-state index in [0.29, 0.717) is 0 Å². The van der Waals surface area contributed by atoms with E-state index in [4.69, 9.17) is 0 Å². The minimum Gasteiger partial charge on any atom is -0.298 e. The molecule has 5 nitrogen and oxygen atoms in total. The fourth-order valence-corrected chi connectivity index (χ4v) is 1.30. The van der Waals surface area contributed by atoms with Crippen LogP contribution in [-0.2, 0) is 0 Å². The predicted molar refractivity (Wildman–Crippen MR) is 66.2 cm³/mol. The van der Waals surface area contributed by atoms with E-state index in [1.165, 1.54) is 16.9 Å². The highest BCUT2D eigenvalue weighted by atomic mass is 16.2. The highest BCUT2D eigenvalue weighted by molar-refractivity contribution is 5.49. The first-order valence-electron chi connectivity index (χ1n) is 5.06. The molecule has 0 atom stereocenters. The number of H-pyrrole nitrogens is 1. The van der Waals surface area contributed by atoms with Crippen molar-refractivity contribution < 1.29 is 0 Å². The first kappa shape index (κ1) is 10.9. The molecule has 2 N–H and O–H groups in total. The molecule has 0 spiro atoms. The summed E-state index contributed by atoms with van der Waals surface area (Å²) in [5.74, 6) is 0. The van der Waals surface area contributed by atoms with Crippen LogP contribution in [0.2, 0.25) is 0 Å². The van der Waals surface area contributed by atoms with E-state index >= 15 is 0 Å². The molecule has 0 aliphatic carbocycles. The van der Waals surface area contributed by atoms with Crippen molar-refractivity contribution >= 4 is 6.08 Å². The van der Waals surface area contributed by atoms with Crippen LogP contribution in [0.5, 0.6) is 0 Å². The van der Waals surface area contributed by atoms with Gasteiger partial charge in [0.1, 0.15) is 0 Å². The predicted octanol–water partition coefficient (Wildman–Crippen LogP) is 0.751. The molecular weight excluding hydrogens is 218 g/mol. The van der Waals surface area contributed by atoms with Gasteiger partial charge in [-0.25, -0.2) is 9.47 Å². The zero-order chi connectivity index (χ0) is 12.1. The lowest BCUT2D eigenvalue weighted by molar-refractivity contribution is 0.829. The van der Waals surface area contributed by atoms with Crippen LogP contribution in [0.15, 0.2) is 58.4 Å². The summed E-state index contributed by atoms with van der Waals surface area (Å²) in [4.78, 5) is 24.3. The summed E-state index contributed by atoms with van der Waals surface area (Å²) >= 11 is 0. The van der Waals surface area contributed by atoms with Crippen LogP contribution in [0.25, 0.3) is 6.08 Å². The normalized spacial score (nSPS) is 10.6. The van der Waals surface area contributed by atoms with Crippen LogP contribution < -0.4 is 16.7 Å². The lowest BCUT2D eigenvalue weighted by Gasteiger charge is -2.02. The topological polar surface area (TPSA) is 66.9 Å². The first-order valence-corrected chi connectivity index (χ1v) is 5.06. The molecule has 0 saturated heterocycles. The van der Waals surface area contributed by atoms with E-state index < -0.39 is 11.2 Å². The van der Waals surface area contributed by atoms with E-state index in [9.17, 15) is 9.59 Å². The van der Waals surface area contributed by atoms with Crippen molar-refractivity contribution in [2.45, 2.75) is 0 Å². The third-order valence-corrected chi connectivity index (χ3v) is 2.11. The van der Waals surface area contributed by atoms with Crippen LogP contribution >= 0.6 is 0 Å². The molecule has 0 unspecified atom stereocenters. The lowest BCUT2D eigenvalue weighted by atomic mass is 10.2. The quantitative estimate of drug-likeness (QED) is 0.816. The molecule has 1 aromatic carbocycles. The van der Waals surface area contributed by atoms with Crippen LogP contribution in [0, 0.1) is 0 Å². The number of nitrogens with zero attached hydrogens (tertiary/aromatic N) is 1. The third kappa shape index (κ3) is 2.94. The van der Waals surface area contributed by atoms with Gasteiger partial charge in [0.25, 0.3) is 5.56 Å². The second-order valence-corrected chi connectivity index (χ2v) is 3.35. The van der Waals surface area contributed by atoms with Gasteiger partial charge in [0.2, 0.25) is 0 Å². The Bertz CT molecular complexity index is 626. The minimum atomic E-state index is -0.504. The van der Waals surface area contributed by atoms with Crippen molar-refractivity contribution in [3.63, 3.8) is 0 Å². The summed E-state index contributed by atoms with van der Waals surface area (Å²) < 4.78 is 1.18. The fraction of sp³-hybridized carbons (Fsp3) is 0. The van der Waals surface area contributed by atoms with Gasteiger partial charge < -0.3 is 0 Å². The molecule has 0 aliphatic heterocycles. The molecule has 2 rings (SSSR count). The van der Waals surface area contributed by atoms with Gasteiger partial charge in [-0.2, -0.15) is 0 Å². The average Bonchev–Trinajstić information content (AvgIpc) is 2.33. The van der Waals surface area contributed by atoms with Crippen molar-refractivity contribution in [3.05, 3.63) is 75.2 Å². The number of nitrogens with one attached hydrogen (secondary N) is 2. The van der Waals surface area contributed by atoms with Gasteiger partial charge in [0.05, 0.1) is 0 Å². The van der Waals surface area contributed by atoms with Crippen LogP contribution in [0.1, 0.15) is 5.56 Å². The maximum absolute atomic E-state index is 11.3. The van der Waals surface area contributed by atoms with Crippen molar-refractivity contribution in [2.24, 2.45) is 0 Å². The van der Waals surface area contributed by atoms with E-state index in [-0.39, 0.29) is 0 Å². The molecule has 0 saturated carbocycles. The second kappa shape index (κ2) is 4.98. The van der Waals surface area contributed by atoms with Gasteiger partial charge in [-0.3, -0.25) is 15.2 Å². The van der Waals surface area contributed by atoms with Crippen LogP contribution in [-0.4, -0.2) is 9.66 Å². The molecule has 0 aliphatic rings. The molecule has 0 bridgehead atoms. The van der Waals surface area contributed by atoms with Crippen molar-refractivity contribution in [1.82, 2.24) is 9.66 Å². The molecule has 0 fully saturated rings. The maximum atomic E-state index is 11.3. The first-order chi connectivity index (χ1) is 8.25. The Labute approximate surface area is 97.0 Å². The zero-order valence-corrected chi connectivity index (χ0v) is 8.96. The molecule has 0 amide bonds. The highest BCUT2D eigenvalue weighted by Gasteiger charge is 1.91. The summed E-state index contributed by atoms with van der Waals surface area (Å²) in [6, 6.07) is 10.9. The number of rotatable bonds is 3. The van der Waals surface area contributed by atoms with Gasteiger partial charge in [-0.05, 0) is 11.6 Å². The largest absolute Gasteiger partial charge is 0.347 e. The van der Waals surface area contributed by atoms with Crippen molar-refractivity contribution in [3.8, 4) is 0 Å². The molecule has 5 heteroatoms. The Morgan fingerprint density at radius 3 is 2.59 bits per heavy atom. The van der Waals surface area contributed by atoms with E-state index in [0.717, 1.165) is 5.56 Å². The fourth-order valence-electron chi connectivity index (χ4n) is 1.30. The van der Waals surface area contributed by atoms with Crippen LogP contribution in [0.3, 0.4) is 0 Å². The summed E-state index contributed by atoms with van der Waals surface area (Å²) in [7, 11) is 0. The monoisotopic (exact) mass is 229 g/mol. The standard InChI is InChI=1S/C12H11N3O2/c16-11-7-9-15(12(17)14-11)13-8-6-10-4-2-1-3-5-10/h1-9,13H,(H,14,16,17).